The van der Waals surface area contributed by atoms with E-state index in [0.29, 0.717) is 5.39 Å². The van der Waals surface area contributed by atoms with Gasteiger partial charge in [-0.1, -0.05) is 40.2 Å². The minimum absolute atomic E-state index is 0. The number of halogens is 1. The van der Waals surface area contributed by atoms with Gasteiger partial charge in [0.1, 0.15) is 4.90 Å². The van der Waals surface area contributed by atoms with E-state index < -0.39 is 10.1 Å². The van der Waals surface area contributed by atoms with Crippen molar-refractivity contribution in [3.63, 3.8) is 0 Å². The molecule has 0 saturated heterocycles. The summed E-state index contributed by atoms with van der Waals surface area (Å²) in [7, 11) is -4.17. The van der Waals surface area contributed by atoms with Crippen LogP contribution in [0.5, 0.6) is 0 Å². The molecule has 0 spiro atoms. The van der Waals surface area contributed by atoms with Crippen molar-refractivity contribution in [3.8, 4) is 0 Å². The van der Waals surface area contributed by atoms with Crippen molar-refractivity contribution in [1.29, 1.82) is 0 Å². The van der Waals surface area contributed by atoms with E-state index in [0.717, 1.165) is 9.86 Å². The van der Waals surface area contributed by atoms with Crippen molar-refractivity contribution in [2.24, 2.45) is 0 Å². The van der Waals surface area contributed by atoms with E-state index in [4.69, 9.17) is 4.55 Å². The Morgan fingerprint density at radius 2 is 1.56 bits per heavy atom. The van der Waals surface area contributed by atoms with Crippen LogP contribution < -0.4 is 0 Å². The maximum Gasteiger partial charge on any atom is 0.295 e. The van der Waals surface area contributed by atoms with Gasteiger partial charge in [0, 0.05) is 61.2 Å². The average Bonchev–Trinajstić information content (AvgIpc) is 2.17. The number of fused-ring (bicyclic) bond motifs is 1. The van der Waals surface area contributed by atoms with Gasteiger partial charge in [0.2, 0.25) is 0 Å². The summed E-state index contributed by atoms with van der Waals surface area (Å²) in [4.78, 5) is -0.0682. The number of hydrogen-bond acceptors (Lipinski definition) is 2. The summed E-state index contributed by atoms with van der Waals surface area (Å²) in [5.41, 5.74) is 0. The Kier molecular flexibility index (Phi) is 5.16. The van der Waals surface area contributed by atoms with Gasteiger partial charge in [0.05, 0.1) is 0 Å². The second-order valence-corrected chi connectivity index (χ2v) is 5.31. The Hall–Kier alpha value is 0.726. The second kappa shape index (κ2) is 5.58. The molecule has 0 fully saturated rings. The number of hydrogen-bond donors (Lipinski definition) is 1. The first kappa shape index (κ1) is 14.8. The maximum absolute atomic E-state index is 11.1. The first-order valence-electron chi connectivity index (χ1n) is 4.15. The van der Waals surface area contributed by atoms with Crippen molar-refractivity contribution in [2.75, 3.05) is 0 Å². The molecule has 0 unspecified atom stereocenters. The third-order valence-electron chi connectivity index (χ3n) is 2.11. The van der Waals surface area contributed by atoms with Crippen molar-refractivity contribution >= 4 is 88.2 Å². The number of benzene rings is 2. The van der Waals surface area contributed by atoms with Crippen LogP contribution in [-0.2, 0) is 10.1 Å². The number of rotatable bonds is 1. The summed E-state index contributed by atoms with van der Waals surface area (Å²) in [6.07, 6.45) is 0. The predicted octanol–water partition coefficient (Wildman–Crippen LogP) is 2.47. The van der Waals surface area contributed by atoms with Crippen molar-refractivity contribution in [2.45, 2.75) is 4.90 Å². The van der Waals surface area contributed by atoms with Crippen LogP contribution in [0.2, 0.25) is 0 Å². The molecule has 6 heteroatoms. The molecule has 3 nitrogen and oxygen atoms in total. The van der Waals surface area contributed by atoms with E-state index in [1.165, 1.54) is 6.07 Å². The SMILES string of the molecule is O=S(=O)(O)c1ccc(Br)c2ccccc12.[K]. The monoisotopic (exact) mass is 325 g/mol. The second-order valence-electron chi connectivity index (χ2n) is 3.07. The molecule has 0 bridgehead atoms. The predicted molar refractivity (Wildman–Crippen MR) is 67.2 cm³/mol. The summed E-state index contributed by atoms with van der Waals surface area (Å²) < 4.78 is 32.0. The Morgan fingerprint density at radius 1 is 1.00 bits per heavy atom. The molecule has 0 aliphatic carbocycles. The van der Waals surface area contributed by atoms with Crippen LogP contribution in [0.1, 0.15) is 0 Å². The molecule has 79 valence electrons. The zero-order valence-electron chi connectivity index (χ0n) is 8.51. The van der Waals surface area contributed by atoms with Gasteiger partial charge in [-0.25, -0.2) is 0 Å². The van der Waals surface area contributed by atoms with Crippen LogP contribution in [0.4, 0.5) is 0 Å². The van der Waals surface area contributed by atoms with Crippen molar-refractivity contribution in [1.82, 2.24) is 0 Å². The van der Waals surface area contributed by atoms with E-state index >= 15 is 0 Å². The summed E-state index contributed by atoms with van der Waals surface area (Å²) in [5, 5.41) is 1.27. The van der Waals surface area contributed by atoms with E-state index in [9.17, 15) is 8.42 Å². The summed E-state index contributed by atoms with van der Waals surface area (Å²) >= 11 is 3.32. The van der Waals surface area contributed by atoms with E-state index in [-0.39, 0.29) is 56.3 Å². The van der Waals surface area contributed by atoms with Crippen LogP contribution in [0.3, 0.4) is 0 Å². The van der Waals surface area contributed by atoms with E-state index in [1.807, 2.05) is 0 Å². The van der Waals surface area contributed by atoms with Crippen LogP contribution in [0.25, 0.3) is 10.8 Å². The molecule has 2 aromatic rings. The normalized spacial score (nSPS) is 11.1. The van der Waals surface area contributed by atoms with Crippen LogP contribution in [-0.4, -0.2) is 64.4 Å². The molecule has 0 aliphatic heterocycles. The van der Waals surface area contributed by atoms with Gasteiger partial charge in [-0.15, -0.1) is 0 Å². The first-order valence-corrected chi connectivity index (χ1v) is 6.38. The third-order valence-corrected chi connectivity index (χ3v) is 3.71. The molecular formula is C10H7BrKO3S. The minimum Gasteiger partial charge on any atom is -0.282 e. The fourth-order valence-electron chi connectivity index (χ4n) is 1.46. The van der Waals surface area contributed by atoms with E-state index in [1.54, 1.807) is 30.3 Å². The molecule has 2 aromatic carbocycles. The van der Waals surface area contributed by atoms with Gasteiger partial charge in [-0.05, 0) is 17.5 Å². The molecule has 0 saturated carbocycles. The summed E-state index contributed by atoms with van der Waals surface area (Å²) in [6.45, 7) is 0. The van der Waals surface area contributed by atoms with Gasteiger partial charge in [-0.2, -0.15) is 8.42 Å². The molecule has 0 atom stereocenters. The van der Waals surface area contributed by atoms with Crippen LogP contribution in [0, 0.1) is 0 Å². The minimum atomic E-state index is -4.17. The fraction of sp³-hybridized carbons (Fsp3) is 0. The van der Waals surface area contributed by atoms with Gasteiger partial charge >= 0.3 is 0 Å². The Morgan fingerprint density at radius 3 is 2.12 bits per heavy atom. The Labute approximate surface area is 145 Å². The fourth-order valence-corrected chi connectivity index (χ4v) is 2.63. The Balaban J connectivity index is 0.00000128. The molecule has 0 aromatic heterocycles. The largest absolute Gasteiger partial charge is 0.295 e. The zero-order valence-corrected chi connectivity index (χ0v) is 14.0. The van der Waals surface area contributed by atoms with Crippen LogP contribution in [0.15, 0.2) is 45.8 Å². The standard InChI is InChI=1S/C10H7BrO3S.K/c11-9-5-6-10(15(12,13)14)8-4-2-1-3-7(8)9;/h1-6H,(H,12,13,14);. The van der Waals surface area contributed by atoms with Crippen molar-refractivity contribution < 1.29 is 13.0 Å². The van der Waals surface area contributed by atoms with Gasteiger partial charge < -0.3 is 0 Å². The van der Waals surface area contributed by atoms with Crippen LogP contribution >= 0.6 is 15.9 Å². The van der Waals surface area contributed by atoms with Gasteiger partial charge in [0.25, 0.3) is 10.1 Å². The third kappa shape index (κ3) is 2.94. The van der Waals surface area contributed by atoms with Gasteiger partial charge in [0.15, 0.2) is 0 Å². The Bertz CT molecular complexity index is 625. The molecular weight excluding hydrogens is 319 g/mol. The van der Waals surface area contributed by atoms with Gasteiger partial charge in [-0.3, -0.25) is 4.55 Å². The van der Waals surface area contributed by atoms with E-state index in [2.05, 4.69) is 15.9 Å². The molecule has 0 amide bonds. The molecule has 1 N–H and O–H groups in total. The maximum atomic E-state index is 11.1. The zero-order chi connectivity index (χ0) is 11.1. The molecule has 0 aliphatic rings. The molecule has 1 radical (unpaired) electrons. The quantitative estimate of drug-likeness (QED) is 0.647. The average molecular weight is 326 g/mol. The molecule has 2 rings (SSSR count). The summed E-state index contributed by atoms with van der Waals surface area (Å²) in [6, 6.07) is 9.95. The molecule has 0 heterocycles. The smallest absolute Gasteiger partial charge is 0.282 e. The molecule has 16 heavy (non-hydrogen) atoms. The summed E-state index contributed by atoms with van der Waals surface area (Å²) in [5.74, 6) is 0. The van der Waals surface area contributed by atoms with Crippen molar-refractivity contribution in [3.05, 3.63) is 40.9 Å². The first-order chi connectivity index (χ1) is 7.00. The topological polar surface area (TPSA) is 54.4 Å².